The fourth-order valence-corrected chi connectivity index (χ4v) is 2.28. The fourth-order valence-electron chi connectivity index (χ4n) is 1.56. The smallest absolute Gasteiger partial charge is 0.134 e. The van der Waals surface area contributed by atoms with Gasteiger partial charge in [0.2, 0.25) is 0 Å². The number of nitrogens with zero attached hydrogens (tertiary/aromatic N) is 2. The third kappa shape index (κ3) is 3.27. The highest BCUT2D eigenvalue weighted by atomic mass is 32.2. The Hall–Kier alpha value is -0.970. The summed E-state index contributed by atoms with van der Waals surface area (Å²) in [5, 5.41) is 3.44. The van der Waals surface area contributed by atoms with E-state index in [0.717, 1.165) is 30.0 Å². The molecule has 0 aliphatic heterocycles. The molecule has 0 saturated heterocycles. The van der Waals surface area contributed by atoms with E-state index in [4.69, 9.17) is 5.73 Å². The Kier molecular flexibility index (Phi) is 5.38. The molecule has 1 unspecified atom stereocenters. The number of aromatic nitrogens is 2. The van der Waals surface area contributed by atoms with Crippen molar-refractivity contribution >= 4 is 23.4 Å². The van der Waals surface area contributed by atoms with E-state index in [9.17, 15) is 0 Å². The lowest BCUT2D eigenvalue weighted by molar-refractivity contribution is 0.766. The largest absolute Gasteiger partial charge is 0.383 e. The monoisotopic (exact) mass is 240 g/mol. The summed E-state index contributed by atoms with van der Waals surface area (Å²) in [5.74, 6) is 2.54. The van der Waals surface area contributed by atoms with Gasteiger partial charge >= 0.3 is 0 Å². The first-order valence-corrected chi connectivity index (χ1v) is 6.97. The van der Waals surface area contributed by atoms with Crippen molar-refractivity contribution in [2.24, 2.45) is 0 Å². The van der Waals surface area contributed by atoms with Crippen LogP contribution >= 0.6 is 11.8 Å². The van der Waals surface area contributed by atoms with Gasteiger partial charge in [0, 0.05) is 17.4 Å². The van der Waals surface area contributed by atoms with Gasteiger partial charge in [0.15, 0.2) is 0 Å². The summed E-state index contributed by atoms with van der Waals surface area (Å²) in [7, 11) is 0. The number of thioether (sulfide) groups is 1. The highest BCUT2D eigenvalue weighted by Crippen LogP contribution is 2.19. The van der Waals surface area contributed by atoms with Crippen LogP contribution in [-0.2, 0) is 6.42 Å². The first-order chi connectivity index (χ1) is 7.72. The van der Waals surface area contributed by atoms with Crippen LogP contribution in [0.25, 0.3) is 0 Å². The van der Waals surface area contributed by atoms with E-state index < -0.39 is 0 Å². The van der Waals surface area contributed by atoms with Crippen molar-refractivity contribution in [3.05, 3.63) is 11.9 Å². The SMILES string of the molecule is CCc1c(N)ncnc1NC(CC)CSC. The van der Waals surface area contributed by atoms with Crippen LogP contribution in [0.3, 0.4) is 0 Å². The Morgan fingerprint density at radius 3 is 2.75 bits per heavy atom. The third-order valence-electron chi connectivity index (χ3n) is 2.53. The van der Waals surface area contributed by atoms with E-state index in [0.29, 0.717) is 11.9 Å². The summed E-state index contributed by atoms with van der Waals surface area (Å²) in [6.45, 7) is 4.24. The summed E-state index contributed by atoms with van der Waals surface area (Å²) < 4.78 is 0. The molecule has 1 aromatic rings. The number of nitrogens with one attached hydrogen (secondary N) is 1. The highest BCUT2D eigenvalue weighted by Gasteiger charge is 2.11. The van der Waals surface area contributed by atoms with E-state index in [1.54, 1.807) is 0 Å². The van der Waals surface area contributed by atoms with Crippen LogP contribution in [0.2, 0.25) is 0 Å². The molecule has 16 heavy (non-hydrogen) atoms. The van der Waals surface area contributed by atoms with Crippen molar-refractivity contribution in [1.82, 2.24) is 9.97 Å². The van der Waals surface area contributed by atoms with E-state index in [-0.39, 0.29) is 0 Å². The van der Waals surface area contributed by atoms with Gasteiger partial charge in [0.1, 0.15) is 18.0 Å². The van der Waals surface area contributed by atoms with Gasteiger partial charge < -0.3 is 11.1 Å². The quantitative estimate of drug-likeness (QED) is 0.798. The van der Waals surface area contributed by atoms with Crippen LogP contribution in [0.15, 0.2) is 6.33 Å². The van der Waals surface area contributed by atoms with Crippen molar-refractivity contribution in [2.45, 2.75) is 32.7 Å². The minimum Gasteiger partial charge on any atom is -0.383 e. The summed E-state index contributed by atoms with van der Waals surface area (Å²) in [6.07, 6.45) is 5.56. The van der Waals surface area contributed by atoms with Crippen molar-refractivity contribution in [3.63, 3.8) is 0 Å². The molecule has 1 atom stereocenters. The lowest BCUT2D eigenvalue weighted by Crippen LogP contribution is -2.23. The Morgan fingerprint density at radius 1 is 1.44 bits per heavy atom. The number of rotatable bonds is 6. The lowest BCUT2D eigenvalue weighted by Gasteiger charge is -2.18. The van der Waals surface area contributed by atoms with Gasteiger partial charge in [-0.25, -0.2) is 9.97 Å². The van der Waals surface area contributed by atoms with Gasteiger partial charge in [0.25, 0.3) is 0 Å². The van der Waals surface area contributed by atoms with Crippen LogP contribution in [0.4, 0.5) is 11.6 Å². The first-order valence-electron chi connectivity index (χ1n) is 5.57. The average Bonchev–Trinajstić information content (AvgIpc) is 2.28. The molecule has 0 amide bonds. The molecule has 0 saturated carbocycles. The van der Waals surface area contributed by atoms with Crippen molar-refractivity contribution < 1.29 is 0 Å². The zero-order valence-electron chi connectivity index (χ0n) is 10.2. The number of anilines is 2. The van der Waals surface area contributed by atoms with Gasteiger partial charge in [-0.2, -0.15) is 11.8 Å². The molecule has 3 N–H and O–H groups in total. The Labute approximate surface area is 101 Å². The molecule has 5 heteroatoms. The molecule has 4 nitrogen and oxygen atoms in total. The second-order valence-corrected chi connectivity index (χ2v) is 4.56. The molecular formula is C11H20N4S. The van der Waals surface area contributed by atoms with Gasteiger partial charge in [-0.15, -0.1) is 0 Å². The highest BCUT2D eigenvalue weighted by molar-refractivity contribution is 7.98. The van der Waals surface area contributed by atoms with Gasteiger partial charge in [-0.1, -0.05) is 13.8 Å². The van der Waals surface area contributed by atoms with Crippen LogP contribution in [0.5, 0.6) is 0 Å². The van der Waals surface area contributed by atoms with Gasteiger partial charge in [-0.05, 0) is 19.1 Å². The van der Waals surface area contributed by atoms with E-state index in [2.05, 4.69) is 35.4 Å². The molecule has 0 fully saturated rings. The summed E-state index contributed by atoms with van der Waals surface area (Å²) >= 11 is 1.83. The first kappa shape index (κ1) is 13.1. The standard InChI is InChI=1S/C11H20N4S/c1-4-8(6-16-3)15-11-9(5-2)10(12)13-7-14-11/h7-8H,4-6H2,1-3H3,(H3,12,13,14,15). The molecule has 0 aromatic carbocycles. The summed E-state index contributed by atoms with van der Waals surface area (Å²) in [6, 6.07) is 0.439. The zero-order chi connectivity index (χ0) is 12.0. The minimum atomic E-state index is 0.439. The normalized spacial score (nSPS) is 12.4. The van der Waals surface area contributed by atoms with Gasteiger partial charge in [-0.3, -0.25) is 0 Å². The lowest BCUT2D eigenvalue weighted by atomic mass is 10.2. The van der Waals surface area contributed by atoms with E-state index in [1.165, 1.54) is 6.33 Å². The molecule has 1 aromatic heterocycles. The molecular weight excluding hydrogens is 220 g/mol. The van der Waals surface area contributed by atoms with Crippen LogP contribution in [-0.4, -0.2) is 28.0 Å². The minimum absolute atomic E-state index is 0.439. The predicted molar refractivity (Wildman–Crippen MR) is 71.9 cm³/mol. The molecule has 0 aliphatic carbocycles. The summed E-state index contributed by atoms with van der Waals surface area (Å²) in [5.41, 5.74) is 6.84. The molecule has 0 spiro atoms. The molecule has 1 heterocycles. The molecule has 90 valence electrons. The molecule has 0 bridgehead atoms. The Morgan fingerprint density at radius 2 is 2.19 bits per heavy atom. The molecule has 0 radical (unpaired) electrons. The maximum Gasteiger partial charge on any atom is 0.134 e. The van der Waals surface area contributed by atoms with Crippen molar-refractivity contribution in [2.75, 3.05) is 23.1 Å². The Bertz CT molecular complexity index is 330. The van der Waals surface area contributed by atoms with Crippen LogP contribution in [0.1, 0.15) is 25.8 Å². The average molecular weight is 240 g/mol. The molecule has 1 rings (SSSR count). The van der Waals surface area contributed by atoms with Crippen LogP contribution in [0, 0.1) is 0 Å². The van der Waals surface area contributed by atoms with Crippen molar-refractivity contribution in [1.29, 1.82) is 0 Å². The maximum absolute atomic E-state index is 5.83. The van der Waals surface area contributed by atoms with Crippen LogP contribution < -0.4 is 11.1 Å². The Balaban J connectivity index is 2.82. The number of hydrogen-bond acceptors (Lipinski definition) is 5. The van der Waals surface area contributed by atoms with E-state index in [1.807, 2.05) is 11.8 Å². The maximum atomic E-state index is 5.83. The number of nitrogens with two attached hydrogens (primary N) is 1. The topological polar surface area (TPSA) is 63.8 Å². The number of nitrogen functional groups attached to an aromatic ring is 1. The second-order valence-electron chi connectivity index (χ2n) is 3.64. The molecule has 0 aliphatic rings. The second kappa shape index (κ2) is 6.58. The van der Waals surface area contributed by atoms with Crippen molar-refractivity contribution in [3.8, 4) is 0 Å². The number of hydrogen-bond donors (Lipinski definition) is 2. The van der Waals surface area contributed by atoms with E-state index >= 15 is 0 Å². The fraction of sp³-hybridized carbons (Fsp3) is 0.636. The van der Waals surface area contributed by atoms with Gasteiger partial charge in [0.05, 0.1) is 0 Å². The predicted octanol–water partition coefficient (Wildman–Crippen LogP) is 2.17. The summed E-state index contributed by atoms with van der Waals surface area (Å²) in [4.78, 5) is 8.28. The third-order valence-corrected chi connectivity index (χ3v) is 3.27. The zero-order valence-corrected chi connectivity index (χ0v) is 11.0.